The minimum absolute atomic E-state index is 0.0855. The highest BCUT2D eigenvalue weighted by Gasteiger charge is 2.62. The normalized spacial score (nSPS) is 28.7. The number of alkyl carbamates (subject to hydrolysis) is 1. The van der Waals surface area contributed by atoms with Crippen molar-refractivity contribution >= 4 is 45.8 Å². The van der Waals surface area contributed by atoms with E-state index in [1.54, 1.807) is 32.9 Å². The van der Waals surface area contributed by atoms with Crippen LogP contribution >= 0.6 is 0 Å². The SMILES string of the molecule is CC[C@H]1C[C@@]1(NC(=O)C1C[C@@H]2CN1C(=O)[C@H](C(C)(C)C)NC(=O)OCC(C)(C)CCCCCNC(=O)c1cccc3c1CN(C3)C(=O)O2)C(=O)NS(=O)(=O)C1CC1. The first-order valence-corrected chi connectivity index (χ1v) is 21.8. The van der Waals surface area contributed by atoms with Crippen LogP contribution in [0.15, 0.2) is 18.2 Å². The number of hydrogen-bond donors (Lipinski definition) is 4. The number of ether oxygens (including phenoxy) is 2. The number of carbonyl (C=O) groups is 6. The molecule has 6 rings (SSSR count). The second-order valence-corrected chi connectivity index (χ2v) is 20.2. The third-order valence-corrected chi connectivity index (χ3v) is 13.8. The Bertz CT molecular complexity index is 1890. The van der Waals surface area contributed by atoms with Crippen molar-refractivity contribution in [2.24, 2.45) is 16.7 Å². The van der Waals surface area contributed by atoms with E-state index in [0.29, 0.717) is 31.4 Å². The van der Waals surface area contributed by atoms with E-state index in [1.807, 2.05) is 26.8 Å². The average molecular weight is 815 g/mol. The van der Waals surface area contributed by atoms with Crippen molar-refractivity contribution in [3.8, 4) is 0 Å². The van der Waals surface area contributed by atoms with Crippen LogP contribution in [0.3, 0.4) is 0 Å². The van der Waals surface area contributed by atoms with Crippen LogP contribution in [0.2, 0.25) is 0 Å². The first kappa shape index (κ1) is 42.2. The van der Waals surface area contributed by atoms with E-state index in [4.69, 9.17) is 9.47 Å². The van der Waals surface area contributed by atoms with E-state index < -0.39 is 74.3 Å². The zero-order valence-corrected chi connectivity index (χ0v) is 34.7. The van der Waals surface area contributed by atoms with E-state index >= 15 is 0 Å². The monoisotopic (exact) mass is 814 g/mol. The van der Waals surface area contributed by atoms with Crippen molar-refractivity contribution in [1.82, 2.24) is 30.5 Å². The maximum Gasteiger partial charge on any atom is 0.410 e. The Hall–Kier alpha value is -4.41. The lowest BCUT2D eigenvalue weighted by molar-refractivity contribution is -0.143. The van der Waals surface area contributed by atoms with Crippen molar-refractivity contribution in [3.63, 3.8) is 0 Å². The van der Waals surface area contributed by atoms with E-state index in [9.17, 15) is 37.2 Å². The van der Waals surface area contributed by atoms with Gasteiger partial charge in [-0.3, -0.25) is 28.8 Å². The first-order valence-electron chi connectivity index (χ1n) is 20.2. The van der Waals surface area contributed by atoms with Gasteiger partial charge in [0.25, 0.3) is 11.8 Å². The van der Waals surface area contributed by atoms with Crippen molar-refractivity contribution in [2.45, 2.75) is 141 Å². The van der Waals surface area contributed by atoms with Gasteiger partial charge in [-0.15, -0.1) is 0 Å². The minimum atomic E-state index is -3.91. The van der Waals surface area contributed by atoms with Crippen LogP contribution in [0, 0.1) is 16.7 Å². The van der Waals surface area contributed by atoms with Crippen LogP contribution in [0.4, 0.5) is 9.59 Å². The molecule has 1 aromatic carbocycles. The summed E-state index contributed by atoms with van der Waals surface area (Å²) in [4.78, 5) is 85.5. The molecular weight excluding hydrogens is 757 g/mol. The number of rotatable bonds is 6. The zero-order chi connectivity index (χ0) is 41.5. The van der Waals surface area contributed by atoms with E-state index in [1.165, 1.54) is 9.80 Å². The highest BCUT2D eigenvalue weighted by Crippen LogP contribution is 2.47. The fourth-order valence-electron chi connectivity index (χ4n) is 8.16. The molecule has 5 aliphatic rings. The van der Waals surface area contributed by atoms with E-state index in [2.05, 4.69) is 20.7 Å². The van der Waals surface area contributed by atoms with Crippen LogP contribution in [0.25, 0.3) is 0 Å². The molecule has 0 aromatic heterocycles. The van der Waals surface area contributed by atoms with Crippen LogP contribution < -0.4 is 20.7 Å². The molecule has 4 bridgehead atoms. The summed E-state index contributed by atoms with van der Waals surface area (Å²) in [6.07, 6.45) is 2.23. The molecule has 3 aliphatic heterocycles. The largest absolute Gasteiger partial charge is 0.449 e. The molecule has 2 saturated carbocycles. The van der Waals surface area contributed by atoms with Gasteiger partial charge in [0.15, 0.2) is 0 Å². The molecule has 4 N–H and O–H groups in total. The molecule has 17 heteroatoms. The number of sulfonamides is 1. The van der Waals surface area contributed by atoms with Crippen molar-refractivity contribution in [3.05, 3.63) is 34.9 Å². The maximum absolute atomic E-state index is 14.6. The molecule has 5 atom stereocenters. The molecule has 0 spiro atoms. The second-order valence-electron chi connectivity index (χ2n) is 18.2. The summed E-state index contributed by atoms with van der Waals surface area (Å²) in [6.45, 7) is 11.8. The Kier molecular flexibility index (Phi) is 11.9. The summed E-state index contributed by atoms with van der Waals surface area (Å²) in [7, 11) is -3.91. The number of amides is 6. The van der Waals surface area contributed by atoms with Gasteiger partial charge in [-0.1, -0.05) is 72.9 Å². The number of benzene rings is 1. The van der Waals surface area contributed by atoms with Crippen LogP contribution in [0.5, 0.6) is 0 Å². The number of fused-ring (bicyclic) bond motifs is 3. The van der Waals surface area contributed by atoms with E-state index in [0.717, 1.165) is 36.8 Å². The Labute approximate surface area is 334 Å². The van der Waals surface area contributed by atoms with Crippen LogP contribution in [-0.2, 0) is 47.0 Å². The summed E-state index contributed by atoms with van der Waals surface area (Å²) in [5.74, 6) is -2.71. The zero-order valence-electron chi connectivity index (χ0n) is 33.9. The van der Waals surface area contributed by atoms with Crippen LogP contribution in [-0.4, -0.2) is 103 Å². The molecule has 314 valence electrons. The van der Waals surface area contributed by atoms with Gasteiger partial charge >= 0.3 is 12.2 Å². The molecule has 2 aliphatic carbocycles. The molecule has 1 aromatic rings. The number of nitrogens with one attached hydrogen (secondary N) is 4. The Balaban J connectivity index is 1.27. The maximum atomic E-state index is 14.6. The smallest absolute Gasteiger partial charge is 0.410 e. The Morgan fingerprint density at radius 1 is 1.04 bits per heavy atom. The number of cyclic esters (lactones) is 1. The molecule has 1 saturated heterocycles. The van der Waals surface area contributed by atoms with Gasteiger partial charge in [-0.05, 0) is 66.0 Å². The molecule has 3 heterocycles. The predicted octanol–water partition coefficient (Wildman–Crippen LogP) is 3.47. The lowest BCUT2D eigenvalue weighted by atomic mass is 9.85. The first-order chi connectivity index (χ1) is 26.7. The van der Waals surface area contributed by atoms with Gasteiger partial charge in [0, 0.05) is 25.1 Å². The third kappa shape index (κ3) is 9.50. The lowest BCUT2D eigenvalue weighted by Crippen LogP contribution is -2.60. The van der Waals surface area contributed by atoms with Crippen molar-refractivity contribution in [1.29, 1.82) is 0 Å². The summed E-state index contributed by atoms with van der Waals surface area (Å²) in [5.41, 5.74) is -0.722. The average Bonchev–Trinajstić information content (AvgIpc) is 4.03. The summed E-state index contributed by atoms with van der Waals surface area (Å²) in [5, 5.41) is 7.89. The number of hydrogen-bond acceptors (Lipinski definition) is 10. The number of nitrogens with zero attached hydrogens (tertiary/aromatic N) is 2. The van der Waals surface area contributed by atoms with Crippen molar-refractivity contribution < 1.29 is 46.7 Å². The highest BCUT2D eigenvalue weighted by molar-refractivity contribution is 7.91. The third-order valence-electron chi connectivity index (χ3n) is 11.9. The molecule has 3 fully saturated rings. The fraction of sp³-hybridized carbons (Fsp3) is 0.700. The van der Waals surface area contributed by atoms with Gasteiger partial charge in [-0.25, -0.2) is 18.0 Å². The molecular formula is C40H58N6O10S. The minimum Gasteiger partial charge on any atom is -0.449 e. The molecule has 1 unspecified atom stereocenters. The molecule has 0 radical (unpaired) electrons. The van der Waals surface area contributed by atoms with Gasteiger partial charge < -0.3 is 30.3 Å². The highest BCUT2D eigenvalue weighted by atomic mass is 32.2. The summed E-state index contributed by atoms with van der Waals surface area (Å²) in [6, 6.07) is 2.96. The van der Waals surface area contributed by atoms with Gasteiger partial charge in [0.2, 0.25) is 21.8 Å². The van der Waals surface area contributed by atoms with Gasteiger partial charge in [0.05, 0.1) is 24.9 Å². The lowest BCUT2D eigenvalue weighted by Gasteiger charge is -2.35. The Morgan fingerprint density at radius 2 is 1.77 bits per heavy atom. The summed E-state index contributed by atoms with van der Waals surface area (Å²) < 4.78 is 39.3. The molecule has 16 nitrogen and oxygen atoms in total. The van der Waals surface area contributed by atoms with Crippen molar-refractivity contribution in [2.75, 3.05) is 19.7 Å². The van der Waals surface area contributed by atoms with Crippen LogP contribution in [0.1, 0.15) is 121 Å². The van der Waals surface area contributed by atoms with Gasteiger partial charge in [0.1, 0.15) is 23.7 Å². The molecule has 6 amide bonds. The second kappa shape index (κ2) is 16.1. The topological polar surface area (TPSA) is 210 Å². The van der Waals surface area contributed by atoms with E-state index in [-0.39, 0.29) is 56.3 Å². The van der Waals surface area contributed by atoms with Gasteiger partial charge in [-0.2, -0.15) is 0 Å². The standard InChI is InChI=1S/C40H58N6O10S/c1-7-25-19-40(25,35(50)44-57(53,54)27-14-15-27)43-33(48)30-18-26-21-46(30)34(49)31(38(2,3)4)42-36(51)55-23-39(5,6)16-9-8-10-17-41-32(47)28-13-11-12-24-20-45(22-29(24)28)37(52)56-26/h11-13,25-27,30-31H,7-10,14-23H2,1-6H3,(H,41,47)(H,42,51)(H,43,48)(H,44,50)/t25-,26+,30?,31+,40-/m0/s1. The fourth-order valence-corrected chi connectivity index (χ4v) is 9.52. The summed E-state index contributed by atoms with van der Waals surface area (Å²) >= 11 is 0. The molecule has 57 heavy (non-hydrogen) atoms. The number of carbonyl (C=O) groups excluding carboxylic acids is 6. The quantitative estimate of drug-likeness (QED) is 0.329. The Morgan fingerprint density at radius 3 is 2.44 bits per heavy atom. The predicted molar refractivity (Wildman–Crippen MR) is 208 cm³/mol.